The molecule has 1 aromatic carbocycles. The molecule has 1 saturated heterocycles. The van der Waals surface area contributed by atoms with Crippen LogP contribution in [-0.4, -0.2) is 63.4 Å². The Bertz CT molecular complexity index is 867. The quantitative estimate of drug-likeness (QED) is 0.378. The Kier molecular flexibility index (Phi) is 8.10. The summed E-state index contributed by atoms with van der Waals surface area (Å²) in [5.74, 6) is 0.483. The first-order valence-electron chi connectivity index (χ1n) is 9.83. The fraction of sp³-hybridized carbons (Fsp3) is 0.476. The normalized spacial score (nSPS) is 15.0. The van der Waals surface area contributed by atoms with E-state index in [1.165, 1.54) is 0 Å². The number of aryl methyl sites for hydroxylation is 1. The molecule has 1 amide bonds. The summed E-state index contributed by atoms with van der Waals surface area (Å²) in [6.45, 7) is 8.45. The highest BCUT2D eigenvalue weighted by Gasteiger charge is 2.26. The minimum absolute atomic E-state index is 0. The molecule has 1 fully saturated rings. The lowest BCUT2D eigenvalue weighted by atomic mass is 10.1. The number of hydrogen-bond donors (Lipinski definition) is 1. The predicted octanol–water partition coefficient (Wildman–Crippen LogP) is 3.07. The SMILES string of the molecule is Cn1cc(CN=C(N)N2CCN(C(=O)OC(C)(C)C)CC2)c(-c2ccccc2)n1.I. The number of piperazine rings is 1. The summed E-state index contributed by atoms with van der Waals surface area (Å²) >= 11 is 0. The van der Waals surface area contributed by atoms with Crippen molar-refractivity contribution in [1.82, 2.24) is 19.6 Å². The molecule has 2 heterocycles. The average Bonchev–Trinajstić information content (AvgIpc) is 3.06. The van der Waals surface area contributed by atoms with E-state index in [-0.39, 0.29) is 30.1 Å². The van der Waals surface area contributed by atoms with Gasteiger partial charge in [-0.05, 0) is 20.8 Å². The van der Waals surface area contributed by atoms with E-state index in [0.29, 0.717) is 38.7 Å². The summed E-state index contributed by atoms with van der Waals surface area (Å²) in [7, 11) is 1.90. The van der Waals surface area contributed by atoms with Gasteiger partial charge >= 0.3 is 6.09 Å². The molecule has 0 unspecified atom stereocenters. The zero-order chi connectivity index (χ0) is 21.0. The maximum Gasteiger partial charge on any atom is 0.410 e. The fourth-order valence-electron chi connectivity index (χ4n) is 3.20. The van der Waals surface area contributed by atoms with Gasteiger partial charge in [-0.2, -0.15) is 5.10 Å². The van der Waals surface area contributed by atoms with Crippen molar-refractivity contribution in [2.24, 2.45) is 17.8 Å². The molecule has 0 atom stereocenters. The Hall–Kier alpha value is -2.30. The lowest BCUT2D eigenvalue weighted by Crippen LogP contribution is -2.53. The van der Waals surface area contributed by atoms with E-state index in [2.05, 4.69) is 10.1 Å². The summed E-state index contributed by atoms with van der Waals surface area (Å²) in [5.41, 5.74) is 8.73. The molecule has 0 aliphatic carbocycles. The number of nitrogens with two attached hydrogens (primary N) is 1. The van der Waals surface area contributed by atoms with Gasteiger partial charge in [-0.15, -0.1) is 24.0 Å². The molecule has 1 aromatic heterocycles. The van der Waals surface area contributed by atoms with Gasteiger partial charge in [0.25, 0.3) is 0 Å². The van der Waals surface area contributed by atoms with Crippen molar-refractivity contribution >= 4 is 36.0 Å². The van der Waals surface area contributed by atoms with E-state index in [0.717, 1.165) is 16.8 Å². The second-order valence-electron chi connectivity index (χ2n) is 8.17. The van der Waals surface area contributed by atoms with Crippen molar-refractivity contribution in [3.05, 3.63) is 42.1 Å². The smallest absolute Gasteiger partial charge is 0.410 e. The Labute approximate surface area is 195 Å². The maximum absolute atomic E-state index is 12.2. The molecular formula is C21H31IN6O2. The molecule has 1 aliphatic rings. The van der Waals surface area contributed by atoms with Crippen LogP contribution < -0.4 is 5.73 Å². The standard InChI is InChI=1S/C21H30N6O2.HI/c1-21(2,3)29-20(28)27-12-10-26(11-13-27)19(22)23-14-17-15-25(4)24-18(17)16-8-6-5-7-9-16;/h5-9,15H,10-14H2,1-4H3,(H2,22,23);1H. The molecule has 164 valence electrons. The van der Waals surface area contributed by atoms with E-state index in [1.807, 2.05) is 69.2 Å². The summed E-state index contributed by atoms with van der Waals surface area (Å²) in [6, 6.07) is 10.0. The highest BCUT2D eigenvalue weighted by molar-refractivity contribution is 14.0. The number of amides is 1. The topological polar surface area (TPSA) is 89.0 Å². The number of aliphatic imine (C=N–C) groups is 1. The molecule has 0 saturated carbocycles. The third-order valence-corrected chi connectivity index (χ3v) is 4.62. The van der Waals surface area contributed by atoms with Crippen LogP contribution in [0.2, 0.25) is 0 Å². The van der Waals surface area contributed by atoms with Gasteiger partial charge in [-0.25, -0.2) is 9.79 Å². The molecule has 30 heavy (non-hydrogen) atoms. The van der Waals surface area contributed by atoms with Gasteiger partial charge in [-0.1, -0.05) is 30.3 Å². The van der Waals surface area contributed by atoms with Crippen LogP contribution in [0.5, 0.6) is 0 Å². The van der Waals surface area contributed by atoms with Gasteiger partial charge < -0.3 is 20.3 Å². The summed E-state index contributed by atoms with van der Waals surface area (Å²) in [6.07, 6.45) is 1.69. The summed E-state index contributed by atoms with van der Waals surface area (Å²) in [4.78, 5) is 20.5. The lowest BCUT2D eigenvalue weighted by Gasteiger charge is -2.36. The lowest BCUT2D eigenvalue weighted by molar-refractivity contribution is 0.0186. The van der Waals surface area contributed by atoms with Gasteiger partial charge in [-0.3, -0.25) is 4.68 Å². The summed E-state index contributed by atoms with van der Waals surface area (Å²) in [5, 5.41) is 4.56. The van der Waals surface area contributed by atoms with Gasteiger partial charge in [0.05, 0.1) is 12.2 Å². The zero-order valence-electron chi connectivity index (χ0n) is 18.0. The first kappa shape index (κ1) is 24.0. The molecule has 2 N–H and O–H groups in total. The molecule has 3 rings (SSSR count). The van der Waals surface area contributed by atoms with Crippen molar-refractivity contribution in [2.75, 3.05) is 26.2 Å². The Morgan fingerprint density at radius 2 is 1.73 bits per heavy atom. The summed E-state index contributed by atoms with van der Waals surface area (Å²) < 4.78 is 7.23. The largest absolute Gasteiger partial charge is 0.444 e. The second kappa shape index (κ2) is 10.1. The number of guanidine groups is 1. The minimum atomic E-state index is -0.491. The Morgan fingerprint density at radius 3 is 2.33 bits per heavy atom. The maximum atomic E-state index is 12.2. The van der Waals surface area contributed by atoms with Crippen molar-refractivity contribution in [1.29, 1.82) is 0 Å². The van der Waals surface area contributed by atoms with Crippen molar-refractivity contribution < 1.29 is 9.53 Å². The molecule has 0 spiro atoms. The molecule has 2 aromatic rings. The van der Waals surface area contributed by atoms with E-state index in [1.54, 1.807) is 9.58 Å². The number of halogens is 1. The molecule has 0 radical (unpaired) electrons. The third-order valence-electron chi connectivity index (χ3n) is 4.62. The predicted molar refractivity (Wildman–Crippen MR) is 129 cm³/mol. The van der Waals surface area contributed by atoms with Crippen LogP contribution in [0, 0.1) is 0 Å². The van der Waals surface area contributed by atoms with Crippen LogP contribution in [0.25, 0.3) is 11.3 Å². The van der Waals surface area contributed by atoms with E-state index >= 15 is 0 Å². The van der Waals surface area contributed by atoms with E-state index < -0.39 is 5.60 Å². The number of carbonyl (C=O) groups excluding carboxylic acids is 1. The van der Waals surface area contributed by atoms with Crippen LogP contribution in [0.3, 0.4) is 0 Å². The highest BCUT2D eigenvalue weighted by Crippen LogP contribution is 2.22. The number of ether oxygens (including phenoxy) is 1. The molecular weight excluding hydrogens is 495 g/mol. The van der Waals surface area contributed by atoms with Crippen molar-refractivity contribution in [2.45, 2.75) is 32.9 Å². The number of aromatic nitrogens is 2. The van der Waals surface area contributed by atoms with Crippen molar-refractivity contribution in [3.8, 4) is 11.3 Å². The monoisotopic (exact) mass is 526 g/mol. The molecule has 8 nitrogen and oxygen atoms in total. The van der Waals surface area contributed by atoms with Gasteiger partial charge in [0, 0.05) is 50.6 Å². The average molecular weight is 526 g/mol. The van der Waals surface area contributed by atoms with E-state index in [9.17, 15) is 4.79 Å². The fourth-order valence-corrected chi connectivity index (χ4v) is 3.20. The number of nitrogens with zero attached hydrogens (tertiary/aromatic N) is 5. The van der Waals surface area contributed by atoms with Crippen LogP contribution in [-0.2, 0) is 18.3 Å². The Balaban J connectivity index is 0.00000320. The minimum Gasteiger partial charge on any atom is -0.444 e. The van der Waals surface area contributed by atoms with Gasteiger partial charge in [0.15, 0.2) is 5.96 Å². The molecule has 0 bridgehead atoms. The first-order chi connectivity index (χ1) is 13.7. The zero-order valence-corrected chi connectivity index (χ0v) is 20.4. The van der Waals surface area contributed by atoms with Crippen molar-refractivity contribution in [3.63, 3.8) is 0 Å². The third kappa shape index (κ3) is 6.35. The van der Waals surface area contributed by atoms with Crippen LogP contribution in [0.4, 0.5) is 4.79 Å². The molecule has 9 heteroatoms. The van der Waals surface area contributed by atoms with Gasteiger partial charge in [0.1, 0.15) is 5.60 Å². The van der Waals surface area contributed by atoms with Gasteiger partial charge in [0.2, 0.25) is 0 Å². The first-order valence-corrected chi connectivity index (χ1v) is 9.83. The van der Waals surface area contributed by atoms with Crippen LogP contribution in [0.1, 0.15) is 26.3 Å². The van der Waals surface area contributed by atoms with E-state index in [4.69, 9.17) is 10.5 Å². The highest BCUT2D eigenvalue weighted by atomic mass is 127. The second-order valence-corrected chi connectivity index (χ2v) is 8.17. The number of carbonyl (C=O) groups is 1. The van der Waals surface area contributed by atoms with Crippen LogP contribution in [0.15, 0.2) is 41.5 Å². The Morgan fingerprint density at radius 1 is 1.13 bits per heavy atom. The number of hydrogen-bond acceptors (Lipinski definition) is 4. The molecule has 1 aliphatic heterocycles. The number of benzene rings is 1. The number of rotatable bonds is 3. The van der Waals surface area contributed by atoms with Crippen LogP contribution >= 0.6 is 24.0 Å².